The Labute approximate surface area is 310 Å². The van der Waals surface area contributed by atoms with Gasteiger partial charge < -0.3 is 9.32 Å². The van der Waals surface area contributed by atoms with E-state index in [1.165, 1.54) is 61.2 Å². The topological polar surface area (TPSA) is 16.4 Å². The first-order valence-corrected chi connectivity index (χ1v) is 18.4. The molecule has 2 heteroatoms. The van der Waals surface area contributed by atoms with E-state index < -0.39 is 0 Å². The highest BCUT2D eigenvalue weighted by Crippen LogP contribution is 2.45. The quantitative estimate of drug-likeness (QED) is 0.184. The molecular weight excluding hydrogens is 643 g/mol. The molecule has 0 amide bonds. The summed E-state index contributed by atoms with van der Waals surface area (Å²) in [5.74, 6) is 0. The van der Waals surface area contributed by atoms with Crippen LogP contribution in [-0.2, 0) is 12.8 Å². The van der Waals surface area contributed by atoms with E-state index >= 15 is 0 Å². The number of hydrogen-bond donors (Lipinski definition) is 0. The summed E-state index contributed by atoms with van der Waals surface area (Å²) in [6.07, 6.45) is 1.54. The molecule has 0 radical (unpaired) electrons. The Morgan fingerprint density at radius 3 is 1.89 bits per heavy atom. The van der Waals surface area contributed by atoms with E-state index in [2.05, 4.69) is 194 Å². The van der Waals surface area contributed by atoms with Crippen LogP contribution in [0.15, 0.2) is 186 Å². The molecule has 1 aromatic heterocycles. The molecule has 53 heavy (non-hydrogen) atoms. The summed E-state index contributed by atoms with van der Waals surface area (Å²) in [5, 5.41) is 2.30. The lowest BCUT2D eigenvalue weighted by Gasteiger charge is -2.28. The number of hydrogen-bond acceptors (Lipinski definition) is 2. The Morgan fingerprint density at radius 2 is 1.06 bits per heavy atom. The number of rotatable bonds is 4. The van der Waals surface area contributed by atoms with Gasteiger partial charge in [0, 0.05) is 33.4 Å². The van der Waals surface area contributed by atoms with Crippen LogP contribution in [0.25, 0.3) is 55.3 Å². The molecular formula is C51H37NO. The van der Waals surface area contributed by atoms with Crippen LogP contribution in [0.2, 0.25) is 0 Å². The Morgan fingerprint density at radius 1 is 0.415 bits per heavy atom. The van der Waals surface area contributed by atoms with Gasteiger partial charge in [-0.3, -0.25) is 0 Å². The van der Waals surface area contributed by atoms with Crippen molar-refractivity contribution in [3.8, 4) is 33.4 Å². The van der Waals surface area contributed by atoms with Gasteiger partial charge in [0.05, 0.1) is 0 Å². The molecule has 0 aliphatic heterocycles. The van der Waals surface area contributed by atoms with Crippen LogP contribution >= 0.6 is 0 Å². The lowest BCUT2D eigenvalue weighted by Crippen LogP contribution is -2.11. The van der Waals surface area contributed by atoms with Gasteiger partial charge in [0.25, 0.3) is 0 Å². The first-order chi connectivity index (χ1) is 26.2. The summed E-state index contributed by atoms with van der Waals surface area (Å²) < 4.78 is 6.79. The Kier molecular flexibility index (Phi) is 7.54. The van der Waals surface area contributed by atoms with E-state index in [1.54, 1.807) is 0 Å². The zero-order valence-electron chi connectivity index (χ0n) is 29.6. The van der Waals surface area contributed by atoms with Gasteiger partial charge in [0.2, 0.25) is 0 Å². The highest BCUT2D eigenvalue weighted by atomic mass is 16.3. The second kappa shape index (κ2) is 12.8. The van der Waals surface area contributed by atoms with Crippen LogP contribution in [0.3, 0.4) is 0 Å². The van der Waals surface area contributed by atoms with E-state index in [1.807, 2.05) is 0 Å². The van der Waals surface area contributed by atoms with Crippen molar-refractivity contribution in [1.29, 1.82) is 0 Å². The fourth-order valence-corrected chi connectivity index (χ4v) is 8.26. The molecule has 0 N–H and O–H groups in total. The van der Waals surface area contributed by atoms with E-state index in [0.29, 0.717) is 0 Å². The summed E-state index contributed by atoms with van der Waals surface area (Å²) in [7, 11) is 0. The van der Waals surface area contributed by atoms with Crippen LogP contribution in [-0.4, -0.2) is 0 Å². The van der Waals surface area contributed by atoms with Gasteiger partial charge in [0.1, 0.15) is 11.2 Å². The van der Waals surface area contributed by atoms with Crippen molar-refractivity contribution in [2.75, 3.05) is 4.90 Å². The third kappa shape index (κ3) is 5.51. The number of anilines is 3. The zero-order valence-corrected chi connectivity index (χ0v) is 29.6. The molecule has 0 atom stereocenters. The largest absolute Gasteiger partial charge is 0.455 e. The molecule has 9 aromatic rings. The summed E-state index contributed by atoms with van der Waals surface area (Å²) in [6.45, 7) is 2.14. The first-order valence-electron chi connectivity index (χ1n) is 18.4. The van der Waals surface area contributed by atoms with E-state index in [-0.39, 0.29) is 0 Å². The molecule has 10 rings (SSSR count). The van der Waals surface area contributed by atoms with Gasteiger partial charge >= 0.3 is 0 Å². The predicted octanol–water partition coefficient (Wildman–Crippen LogP) is 13.9. The Bertz CT molecular complexity index is 2780. The Hall–Kier alpha value is -6.64. The van der Waals surface area contributed by atoms with Gasteiger partial charge in [-0.2, -0.15) is 0 Å². The van der Waals surface area contributed by atoms with Crippen molar-refractivity contribution in [3.63, 3.8) is 0 Å². The standard InChI is InChI=1S/C51H37NO/c1-34-20-24-42(25-21-34)52(41-15-6-3-7-16-41)43-26-29-45-40(33-43)32-38-23-28-48-47-18-10-11-19-49(47)53-51(48)50(38)46-17-9-8-14-37(46)31-39-30-36(22-27-44(39)45)35-12-4-2-5-13-35/h2-30,33H,31-32H2,1H3. The van der Waals surface area contributed by atoms with Gasteiger partial charge in [-0.25, -0.2) is 0 Å². The fraction of sp³-hybridized carbons (Fsp3) is 0.0588. The third-order valence-corrected chi connectivity index (χ3v) is 10.8. The number of fused-ring (bicyclic) bond motifs is 10. The average molecular weight is 680 g/mol. The minimum Gasteiger partial charge on any atom is -0.455 e. The number of aryl methyl sites for hydroxylation is 1. The molecule has 0 saturated heterocycles. The SMILES string of the molecule is Cc1ccc(N(c2ccccc2)c2ccc3c(c2)Cc2ccc4c(oc5ccccc54)c2-c2ccccc2Cc2cc(-c4ccccc4)ccc2-3)cc1. The van der Waals surface area contributed by atoms with Gasteiger partial charge in [0.15, 0.2) is 0 Å². The molecule has 1 aliphatic rings. The minimum absolute atomic E-state index is 0.746. The lowest BCUT2D eigenvalue weighted by atomic mass is 9.82. The third-order valence-electron chi connectivity index (χ3n) is 10.8. The summed E-state index contributed by atoms with van der Waals surface area (Å²) in [5.41, 5.74) is 19.1. The van der Waals surface area contributed by atoms with E-state index in [0.717, 1.165) is 51.8 Å². The van der Waals surface area contributed by atoms with Crippen molar-refractivity contribution >= 4 is 39.0 Å². The molecule has 0 bridgehead atoms. The van der Waals surface area contributed by atoms with Crippen molar-refractivity contribution < 1.29 is 4.42 Å². The monoisotopic (exact) mass is 679 g/mol. The van der Waals surface area contributed by atoms with Crippen molar-refractivity contribution in [3.05, 3.63) is 210 Å². The zero-order chi connectivity index (χ0) is 35.3. The molecule has 1 aliphatic carbocycles. The molecule has 2 nitrogen and oxygen atoms in total. The van der Waals surface area contributed by atoms with Crippen LogP contribution in [0.4, 0.5) is 17.1 Å². The minimum atomic E-state index is 0.746. The number of furan rings is 1. The predicted molar refractivity (Wildman–Crippen MR) is 222 cm³/mol. The molecule has 0 saturated carbocycles. The van der Waals surface area contributed by atoms with Gasteiger partial charge in [-0.15, -0.1) is 0 Å². The fourth-order valence-electron chi connectivity index (χ4n) is 8.26. The number of para-hydroxylation sites is 2. The van der Waals surface area contributed by atoms with Crippen LogP contribution < -0.4 is 4.90 Å². The lowest BCUT2D eigenvalue weighted by molar-refractivity contribution is 0.669. The summed E-state index contributed by atoms with van der Waals surface area (Å²) >= 11 is 0. The molecule has 252 valence electrons. The molecule has 8 aromatic carbocycles. The second-order valence-corrected chi connectivity index (χ2v) is 14.2. The van der Waals surface area contributed by atoms with Gasteiger partial charge in [-0.05, 0) is 112 Å². The number of benzene rings is 8. The second-order valence-electron chi connectivity index (χ2n) is 14.2. The molecule has 0 unspecified atom stereocenters. The highest BCUT2D eigenvalue weighted by Gasteiger charge is 2.24. The van der Waals surface area contributed by atoms with E-state index in [9.17, 15) is 0 Å². The molecule has 1 heterocycles. The summed E-state index contributed by atoms with van der Waals surface area (Å²) in [6, 6.07) is 66.3. The van der Waals surface area contributed by atoms with Crippen molar-refractivity contribution in [2.45, 2.75) is 19.8 Å². The number of nitrogens with zero attached hydrogens (tertiary/aromatic N) is 1. The van der Waals surface area contributed by atoms with Crippen LogP contribution in [0, 0.1) is 6.92 Å². The summed E-state index contributed by atoms with van der Waals surface area (Å²) in [4.78, 5) is 2.37. The smallest absolute Gasteiger partial charge is 0.143 e. The Balaban J connectivity index is 1.25. The maximum Gasteiger partial charge on any atom is 0.143 e. The van der Waals surface area contributed by atoms with Crippen molar-refractivity contribution in [2.24, 2.45) is 0 Å². The first kappa shape index (κ1) is 31.1. The van der Waals surface area contributed by atoms with Gasteiger partial charge in [-0.1, -0.05) is 145 Å². The van der Waals surface area contributed by atoms with Crippen LogP contribution in [0.5, 0.6) is 0 Å². The normalized spacial score (nSPS) is 12.1. The maximum absolute atomic E-state index is 6.79. The average Bonchev–Trinajstić information content (AvgIpc) is 3.59. The van der Waals surface area contributed by atoms with Crippen LogP contribution in [0.1, 0.15) is 27.8 Å². The van der Waals surface area contributed by atoms with Crippen molar-refractivity contribution in [1.82, 2.24) is 0 Å². The highest BCUT2D eigenvalue weighted by molar-refractivity contribution is 6.10. The molecule has 0 fully saturated rings. The molecule has 0 spiro atoms. The van der Waals surface area contributed by atoms with E-state index in [4.69, 9.17) is 4.42 Å². The maximum atomic E-state index is 6.79.